The summed E-state index contributed by atoms with van der Waals surface area (Å²) in [5, 5.41) is 0. The Bertz CT molecular complexity index is 671. The van der Waals surface area contributed by atoms with Crippen LogP contribution in [0.1, 0.15) is 11.1 Å². The SMILES string of the molecule is COc1ccc(CS(=O)c2ccc(N)c(C)c2)cc1OC. The molecule has 2 aromatic carbocycles. The number of benzene rings is 2. The fourth-order valence-corrected chi connectivity index (χ4v) is 3.17. The van der Waals surface area contributed by atoms with Crippen LogP contribution in [0.4, 0.5) is 5.69 Å². The van der Waals surface area contributed by atoms with Crippen molar-refractivity contribution in [2.24, 2.45) is 0 Å². The molecule has 5 heteroatoms. The molecule has 0 heterocycles. The number of anilines is 1. The van der Waals surface area contributed by atoms with Crippen molar-refractivity contribution in [2.45, 2.75) is 17.6 Å². The van der Waals surface area contributed by atoms with Gasteiger partial charge in [-0.15, -0.1) is 0 Å². The minimum absolute atomic E-state index is 0.420. The summed E-state index contributed by atoms with van der Waals surface area (Å²) in [5.41, 5.74) is 8.36. The van der Waals surface area contributed by atoms with E-state index < -0.39 is 10.8 Å². The van der Waals surface area contributed by atoms with Gasteiger partial charge in [0.25, 0.3) is 0 Å². The predicted molar refractivity (Wildman–Crippen MR) is 85.2 cm³/mol. The Balaban J connectivity index is 2.21. The van der Waals surface area contributed by atoms with Gasteiger partial charge in [0, 0.05) is 10.6 Å². The van der Waals surface area contributed by atoms with Crippen LogP contribution < -0.4 is 15.2 Å². The van der Waals surface area contributed by atoms with Crippen LogP contribution in [0.2, 0.25) is 0 Å². The summed E-state index contributed by atoms with van der Waals surface area (Å²) in [5.74, 6) is 1.72. The Labute approximate surface area is 127 Å². The van der Waals surface area contributed by atoms with Crippen LogP contribution in [0.5, 0.6) is 11.5 Å². The number of hydrogen-bond donors (Lipinski definition) is 1. The Morgan fingerprint density at radius 1 is 1.05 bits per heavy atom. The highest BCUT2D eigenvalue weighted by Crippen LogP contribution is 2.28. The molecule has 21 heavy (non-hydrogen) atoms. The van der Waals surface area contributed by atoms with E-state index in [0.29, 0.717) is 22.9 Å². The molecule has 0 bridgehead atoms. The third-order valence-electron chi connectivity index (χ3n) is 3.25. The molecule has 2 N–H and O–H groups in total. The van der Waals surface area contributed by atoms with Crippen molar-refractivity contribution in [2.75, 3.05) is 20.0 Å². The molecule has 0 fully saturated rings. The molecule has 0 amide bonds. The molecule has 0 radical (unpaired) electrons. The van der Waals surface area contributed by atoms with E-state index >= 15 is 0 Å². The first-order chi connectivity index (χ1) is 10.0. The van der Waals surface area contributed by atoms with Crippen LogP contribution >= 0.6 is 0 Å². The Morgan fingerprint density at radius 2 is 1.76 bits per heavy atom. The van der Waals surface area contributed by atoms with Crippen LogP contribution in [-0.2, 0) is 16.6 Å². The quantitative estimate of drug-likeness (QED) is 0.863. The van der Waals surface area contributed by atoms with Gasteiger partial charge < -0.3 is 15.2 Å². The molecular formula is C16H19NO3S. The van der Waals surface area contributed by atoms with Gasteiger partial charge in [0.05, 0.1) is 30.8 Å². The number of aryl methyl sites for hydroxylation is 1. The molecule has 0 aliphatic rings. The molecule has 0 saturated carbocycles. The standard InChI is InChI=1S/C16H19NO3S/c1-11-8-13(5-6-14(11)17)21(18)10-12-4-7-15(19-2)16(9-12)20-3/h4-9H,10,17H2,1-3H3. The van der Waals surface area contributed by atoms with Crippen LogP contribution in [0.25, 0.3) is 0 Å². The monoisotopic (exact) mass is 305 g/mol. The molecule has 2 aromatic rings. The maximum Gasteiger partial charge on any atom is 0.161 e. The van der Waals surface area contributed by atoms with Gasteiger partial charge in [-0.05, 0) is 48.4 Å². The van der Waals surface area contributed by atoms with Gasteiger partial charge >= 0.3 is 0 Å². The fourth-order valence-electron chi connectivity index (χ4n) is 1.99. The molecule has 0 saturated heterocycles. The van der Waals surface area contributed by atoms with Crippen LogP contribution in [0, 0.1) is 6.92 Å². The van der Waals surface area contributed by atoms with E-state index in [4.69, 9.17) is 15.2 Å². The molecule has 112 valence electrons. The molecule has 0 aromatic heterocycles. The van der Waals surface area contributed by atoms with Crippen molar-refractivity contribution in [3.8, 4) is 11.5 Å². The van der Waals surface area contributed by atoms with Crippen LogP contribution in [0.3, 0.4) is 0 Å². The van der Waals surface area contributed by atoms with E-state index in [-0.39, 0.29) is 0 Å². The third kappa shape index (κ3) is 3.55. The van der Waals surface area contributed by atoms with E-state index in [1.54, 1.807) is 26.4 Å². The Kier molecular flexibility index (Phi) is 4.85. The predicted octanol–water partition coefficient (Wildman–Crippen LogP) is 2.90. The van der Waals surface area contributed by atoms with Crippen molar-refractivity contribution < 1.29 is 13.7 Å². The molecule has 0 aliphatic heterocycles. The van der Waals surface area contributed by atoms with Gasteiger partial charge in [0.15, 0.2) is 11.5 Å². The molecule has 4 nitrogen and oxygen atoms in total. The lowest BCUT2D eigenvalue weighted by atomic mass is 10.2. The number of methoxy groups -OCH3 is 2. The van der Waals surface area contributed by atoms with Crippen LogP contribution in [0.15, 0.2) is 41.3 Å². The second-order valence-corrected chi connectivity index (χ2v) is 6.15. The van der Waals surface area contributed by atoms with E-state index in [0.717, 1.165) is 16.0 Å². The molecule has 0 spiro atoms. The first kappa shape index (κ1) is 15.4. The highest BCUT2D eigenvalue weighted by atomic mass is 32.2. The average Bonchev–Trinajstić information content (AvgIpc) is 2.49. The average molecular weight is 305 g/mol. The zero-order valence-corrected chi connectivity index (χ0v) is 13.2. The fraction of sp³-hybridized carbons (Fsp3) is 0.250. The number of rotatable bonds is 5. The highest BCUT2D eigenvalue weighted by molar-refractivity contribution is 7.84. The smallest absolute Gasteiger partial charge is 0.161 e. The van der Waals surface area contributed by atoms with Crippen molar-refractivity contribution >= 4 is 16.5 Å². The second-order valence-electron chi connectivity index (χ2n) is 4.70. The second kappa shape index (κ2) is 6.63. The van der Waals surface area contributed by atoms with Gasteiger partial charge in [-0.2, -0.15) is 0 Å². The maximum atomic E-state index is 12.4. The maximum absolute atomic E-state index is 12.4. The minimum atomic E-state index is -1.12. The summed E-state index contributed by atoms with van der Waals surface area (Å²) < 4.78 is 22.9. The van der Waals surface area contributed by atoms with E-state index in [2.05, 4.69) is 0 Å². The first-order valence-electron chi connectivity index (χ1n) is 6.50. The van der Waals surface area contributed by atoms with E-state index in [1.807, 2.05) is 31.2 Å². The van der Waals surface area contributed by atoms with E-state index in [9.17, 15) is 4.21 Å². The third-order valence-corrected chi connectivity index (χ3v) is 4.63. The summed E-state index contributed by atoms with van der Waals surface area (Å²) in [6.07, 6.45) is 0. The zero-order chi connectivity index (χ0) is 15.4. The molecular weight excluding hydrogens is 286 g/mol. The highest BCUT2D eigenvalue weighted by Gasteiger charge is 2.10. The molecule has 0 aliphatic carbocycles. The topological polar surface area (TPSA) is 61.5 Å². The van der Waals surface area contributed by atoms with Crippen LogP contribution in [-0.4, -0.2) is 18.4 Å². The summed E-state index contributed by atoms with van der Waals surface area (Å²) in [6, 6.07) is 11.0. The lowest BCUT2D eigenvalue weighted by Crippen LogP contribution is -1.99. The van der Waals surface area contributed by atoms with Gasteiger partial charge in [0.1, 0.15) is 0 Å². The number of hydrogen-bond acceptors (Lipinski definition) is 4. The molecule has 1 atom stereocenters. The summed E-state index contributed by atoms with van der Waals surface area (Å²) in [7, 11) is 2.05. The normalized spacial score (nSPS) is 12.0. The lowest BCUT2D eigenvalue weighted by molar-refractivity contribution is 0.354. The van der Waals surface area contributed by atoms with Crippen molar-refractivity contribution in [3.63, 3.8) is 0 Å². The summed E-state index contributed by atoms with van der Waals surface area (Å²) >= 11 is 0. The van der Waals surface area contributed by atoms with E-state index in [1.165, 1.54) is 0 Å². The summed E-state index contributed by atoms with van der Waals surface area (Å²) in [4.78, 5) is 0.775. The molecule has 1 unspecified atom stereocenters. The van der Waals surface area contributed by atoms with Crippen molar-refractivity contribution in [3.05, 3.63) is 47.5 Å². The van der Waals surface area contributed by atoms with Gasteiger partial charge in [-0.3, -0.25) is 4.21 Å². The van der Waals surface area contributed by atoms with Gasteiger partial charge in [-0.1, -0.05) is 6.07 Å². The zero-order valence-electron chi connectivity index (χ0n) is 12.4. The van der Waals surface area contributed by atoms with Gasteiger partial charge in [-0.25, -0.2) is 0 Å². The summed E-state index contributed by atoms with van der Waals surface area (Å²) in [6.45, 7) is 1.91. The van der Waals surface area contributed by atoms with Gasteiger partial charge in [0.2, 0.25) is 0 Å². The molecule has 2 rings (SSSR count). The Hall–Kier alpha value is -2.01. The minimum Gasteiger partial charge on any atom is -0.493 e. The number of ether oxygens (including phenoxy) is 2. The first-order valence-corrected chi connectivity index (χ1v) is 7.82. The number of nitrogen functional groups attached to an aromatic ring is 1. The largest absolute Gasteiger partial charge is 0.493 e. The Morgan fingerprint density at radius 3 is 2.38 bits per heavy atom. The van der Waals surface area contributed by atoms with Crippen molar-refractivity contribution in [1.29, 1.82) is 0 Å². The lowest BCUT2D eigenvalue weighted by Gasteiger charge is -2.10. The van der Waals surface area contributed by atoms with Crippen molar-refractivity contribution in [1.82, 2.24) is 0 Å². The number of nitrogens with two attached hydrogens (primary N) is 1.